The van der Waals surface area contributed by atoms with E-state index in [1.807, 2.05) is 0 Å². The number of halogens is 1. The second-order valence-electron chi connectivity index (χ2n) is 6.53. The molecule has 0 aromatic heterocycles. The lowest BCUT2D eigenvalue weighted by molar-refractivity contribution is 0.0276. The zero-order chi connectivity index (χ0) is 17.4. The lowest BCUT2D eigenvalue weighted by atomic mass is 9.95. The van der Waals surface area contributed by atoms with Gasteiger partial charge in [0.25, 0.3) is 0 Å². The minimum absolute atomic E-state index is 0.193. The number of aliphatic hydroxyl groups is 1. The van der Waals surface area contributed by atoms with Gasteiger partial charge in [-0.2, -0.15) is 0 Å². The second kappa shape index (κ2) is 8.99. The maximum absolute atomic E-state index is 13.6. The monoisotopic (exact) mass is 338 g/mol. The Morgan fingerprint density at radius 3 is 2.62 bits per heavy atom. The van der Waals surface area contributed by atoms with Crippen LogP contribution in [0.25, 0.3) is 0 Å². The first-order valence-electron chi connectivity index (χ1n) is 8.53. The summed E-state index contributed by atoms with van der Waals surface area (Å²) in [6, 6.07) is 4.36. The second-order valence-corrected chi connectivity index (χ2v) is 6.53. The third kappa shape index (κ3) is 5.76. The Morgan fingerprint density at radius 2 is 1.96 bits per heavy atom. The molecule has 24 heavy (non-hydrogen) atoms. The van der Waals surface area contributed by atoms with E-state index in [4.69, 9.17) is 4.74 Å². The van der Waals surface area contributed by atoms with E-state index < -0.39 is 5.60 Å². The molecule has 0 saturated heterocycles. The maximum Gasteiger partial charge on any atom is 0.315 e. The van der Waals surface area contributed by atoms with Gasteiger partial charge < -0.3 is 20.5 Å². The van der Waals surface area contributed by atoms with Crippen molar-refractivity contribution in [2.75, 3.05) is 13.7 Å². The predicted octanol–water partition coefficient (Wildman–Crippen LogP) is 2.86. The molecule has 0 aliphatic heterocycles. The van der Waals surface area contributed by atoms with Crippen LogP contribution >= 0.6 is 0 Å². The van der Waals surface area contributed by atoms with Crippen molar-refractivity contribution in [2.24, 2.45) is 0 Å². The molecule has 1 aromatic carbocycles. The van der Waals surface area contributed by atoms with Gasteiger partial charge in [-0.15, -0.1) is 0 Å². The number of ether oxygens (including phenoxy) is 1. The van der Waals surface area contributed by atoms with Gasteiger partial charge in [0.15, 0.2) is 0 Å². The first-order valence-corrected chi connectivity index (χ1v) is 8.53. The molecule has 3 N–H and O–H groups in total. The summed E-state index contributed by atoms with van der Waals surface area (Å²) >= 11 is 0. The van der Waals surface area contributed by atoms with Gasteiger partial charge in [-0.25, -0.2) is 9.18 Å². The molecule has 2 rings (SSSR count). The summed E-state index contributed by atoms with van der Waals surface area (Å²) in [5, 5.41) is 16.0. The SMILES string of the molecule is COCc1cc(CNC(=O)NCC2(O)CCCCCC2)ccc1F. The van der Waals surface area contributed by atoms with Gasteiger partial charge in [0.2, 0.25) is 0 Å². The molecular formula is C18H27FN2O3. The van der Waals surface area contributed by atoms with Crippen molar-refractivity contribution in [3.05, 3.63) is 35.1 Å². The Balaban J connectivity index is 1.79. The number of urea groups is 1. The third-order valence-corrected chi connectivity index (χ3v) is 4.48. The van der Waals surface area contributed by atoms with E-state index in [9.17, 15) is 14.3 Å². The van der Waals surface area contributed by atoms with Gasteiger partial charge >= 0.3 is 6.03 Å². The molecule has 1 saturated carbocycles. The zero-order valence-electron chi connectivity index (χ0n) is 14.2. The van der Waals surface area contributed by atoms with Crippen molar-refractivity contribution in [1.82, 2.24) is 10.6 Å². The molecule has 2 amide bonds. The fourth-order valence-corrected chi connectivity index (χ4v) is 3.06. The standard InChI is InChI=1S/C18H27FN2O3/c1-24-12-15-10-14(6-7-16(15)19)11-20-17(22)21-13-18(23)8-4-2-3-5-9-18/h6-7,10,23H,2-5,8-9,11-13H2,1H3,(H2,20,21,22). The summed E-state index contributed by atoms with van der Waals surface area (Å²) in [5.41, 5.74) is 0.465. The first kappa shape index (κ1) is 18.7. The van der Waals surface area contributed by atoms with Crippen LogP contribution in [0.1, 0.15) is 49.7 Å². The molecule has 0 atom stereocenters. The van der Waals surface area contributed by atoms with Crippen LogP contribution in [0, 0.1) is 5.82 Å². The molecule has 0 spiro atoms. The fraction of sp³-hybridized carbons (Fsp3) is 0.611. The molecule has 1 aliphatic rings. The molecule has 0 heterocycles. The highest BCUT2D eigenvalue weighted by Gasteiger charge is 2.28. The van der Waals surface area contributed by atoms with Gasteiger partial charge in [0.1, 0.15) is 5.82 Å². The van der Waals surface area contributed by atoms with Crippen molar-refractivity contribution in [2.45, 2.75) is 57.3 Å². The summed E-state index contributed by atoms with van der Waals surface area (Å²) in [5.74, 6) is -0.319. The number of benzene rings is 1. The Bertz CT molecular complexity index is 543. The van der Waals surface area contributed by atoms with Crippen molar-refractivity contribution >= 4 is 6.03 Å². The summed E-state index contributed by atoms with van der Waals surface area (Å²) in [6.07, 6.45) is 5.73. The molecule has 5 nitrogen and oxygen atoms in total. The Morgan fingerprint density at radius 1 is 1.25 bits per heavy atom. The van der Waals surface area contributed by atoms with E-state index >= 15 is 0 Å². The van der Waals surface area contributed by atoms with Crippen LogP contribution in [0.2, 0.25) is 0 Å². The largest absolute Gasteiger partial charge is 0.388 e. The van der Waals surface area contributed by atoms with Crippen molar-refractivity contribution < 1.29 is 19.0 Å². The highest BCUT2D eigenvalue weighted by molar-refractivity contribution is 5.73. The lowest BCUT2D eigenvalue weighted by Gasteiger charge is -2.26. The predicted molar refractivity (Wildman–Crippen MR) is 90.0 cm³/mol. The minimum Gasteiger partial charge on any atom is -0.388 e. The van der Waals surface area contributed by atoms with Gasteiger partial charge in [-0.05, 0) is 30.5 Å². The molecule has 6 heteroatoms. The fourth-order valence-electron chi connectivity index (χ4n) is 3.06. The van der Waals surface area contributed by atoms with E-state index in [-0.39, 0.29) is 25.0 Å². The molecule has 0 unspecified atom stereocenters. The summed E-state index contributed by atoms with van der Waals surface area (Å²) in [7, 11) is 1.51. The number of amides is 2. The van der Waals surface area contributed by atoms with Gasteiger partial charge in [0, 0.05) is 25.8 Å². The number of carbonyl (C=O) groups is 1. The highest BCUT2D eigenvalue weighted by Crippen LogP contribution is 2.26. The zero-order valence-corrected chi connectivity index (χ0v) is 14.2. The number of hydrogen-bond donors (Lipinski definition) is 3. The molecule has 0 bridgehead atoms. The van der Waals surface area contributed by atoms with E-state index in [1.165, 1.54) is 13.2 Å². The van der Waals surface area contributed by atoms with Gasteiger partial charge in [0.05, 0.1) is 12.2 Å². The minimum atomic E-state index is -0.796. The van der Waals surface area contributed by atoms with Crippen LogP contribution in [0.5, 0.6) is 0 Å². The topological polar surface area (TPSA) is 70.6 Å². The average molecular weight is 338 g/mol. The van der Waals surface area contributed by atoms with Crippen LogP contribution in [0.15, 0.2) is 18.2 Å². The molecule has 1 fully saturated rings. The summed E-state index contributed by atoms with van der Waals surface area (Å²) in [6.45, 7) is 0.747. The molecule has 0 radical (unpaired) electrons. The normalized spacial score (nSPS) is 17.1. The lowest BCUT2D eigenvalue weighted by Crippen LogP contribution is -2.46. The Kier molecular flexibility index (Phi) is 6.99. The van der Waals surface area contributed by atoms with E-state index in [1.54, 1.807) is 12.1 Å². The number of methoxy groups -OCH3 is 1. The molecule has 134 valence electrons. The van der Waals surface area contributed by atoms with Crippen LogP contribution in [0.3, 0.4) is 0 Å². The molecule has 1 aliphatic carbocycles. The van der Waals surface area contributed by atoms with Crippen LogP contribution in [-0.2, 0) is 17.9 Å². The number of hydrogen-bond acceptors (Lipinski definition) is 3. The Labute approximate surface area is 142 Å². The number of nitrogens with one attached hydrogen (secondary N) is 2. The van der Waals surface area contributed by atoms with E-state index in [2.05, 4.69) is 10.6 Å². The number of rotatable bonds is 6. The maximum atomic E-state index is 13.6. The Hall–Kier alpha value is -1.66. The van der Waals surface area contributed by atoms with E-state index in [0.29, 0.717) is 12.1 Å². The van der Waals surface area contributed by atoms with Gasteiger partial charge in [-0.1, -0.05) is 31.7 Å². The van der Waals surface area contributed by atoms with Crippen molar-refractivity contribution in [3.63, 3.8) is 0 Å². The quantitative estimate of drug-likeness (QED) is 0.699. The van der Waals surface area contributed by atoms with Crippen molar-refractivity contribution in [3.8, 4) is 0 Å². The smallest absolute Gasteiger partial charge is 0.315 e. The van der Waals surface area contributed by atoms with Crippen LogP contribution in [0.4, 0.5) is 9.18 Å². The molecular weight excluding hydrogens is 311 g/mol. The summed E-state index contributed by atoms with van der Waals surface area (Å²) < 4.78 is 18.5. The van der Waals surface area contributed by atoms with Crippen molar-refractivity contribution in [1.29, 1.82) is 0 Å². The summed E-state index contributed by atoms with van der Waals surface area (Å²) in [4.78, 5) is 11.9. The van der Waals surface area contributed by atoms with Gasteiger partial charge in [-0.3, -0.25) is 0 Å². The van der Waals surface area contributed by atoms with Crippen LogP contribution < -0.4 is 10.6 Å². The first-order chi connectivity index (χ1) is 11.5. The molecule has 1 aromatic rings. The highest BCUT2D eigenvalue weighted by atomic mass is 19.1. The van der Waals surface area contributed by atoms with E-state index in [0.717, 1.165) is 44.1 Å². The number of carbonyl (C=O) groups excluding carboxylic acids is 1. The average Bonchev–Trinajstić information content (AvgIpc) is 2.79. The van der Waals surface area contributed by atoms with Crippen LogP contribution in [-0.4, -0.2) is 30.4 Å². The third-order valence-electron chi connectivity index (χ3n) is 4.48.